The molecule has 11 rings (SSSR count). The predicted octanol–water partition coefficient (Wildman–Crippen LogP) is 11.3. The summed E-state index contributed by atoms with van der Waals surface area (Å²) in [6.45, 7) is 4.28. The summed E-state index contributed by atoms with van der Waals surface area (Å²) in [5, 5.41) is 2.34. The number of aromatic nitrogens is 1. The first kappa shape index (κ1) is 31.5. The largest absolute Gasteiger partial charge is 0.458 e. The number of hydrogen-bond acceptors (Lipinski definition) is 3. The number of fused-ring (bicyclic) bond motifs is 7. The van der Waals surface area contributed by atoms with E-state index in [-0.39, 0.29) is 6.71 Å². The number of ether oxygens (including phenoxy) is 1. The van der Waals surface area contributed by atoms with Crippen molar-refractivity contribution in [1.82, 2.24) is 4.57 Å². The van der Waals surface area contributed by atoms with Crippen molar-refractivity contribution in [3.05, 3.63) is 193 Å². The molecule has 0 unspecified atom stereocenters. The van der Waals surface area contributed by atoms with Gasteiger partial charge < -0.3 is 19.1 Å². The number of benzene rings is 8. The molecule has 0 fully saturated rings. The second kappa shape index (κ2) is 12.3. The molecule has 9 aromatic rings. The molecule has 3 heterocycles. The molecule has 0 N–H and O–H groups in total. The van der Waals surface area contributed by atoms with Crippen LogP contribution in [0.5, 0.6) is 11.5 Å². The number of nitrogens with zero attached hydrogens (tertiary/aromatic N) is 3. The lowest BCUT2D eigenvalue weighted by molar-refractivity contribution is 0.488. The molecule has 0 saturated carbocycles. The molecule has 2 aliphatic rings. The Morgan fingerprint density at radius 1 is 0.455 bits per heavy atom. The normalized spacial score (nSPS) is 12.6. The molecule has 5 heteroatoms. The Kier molecular flexibility index (Phi) is 7.05. The monoisotopic (exact) mass is 705 g/mol. The van der Waals surface area contributed by atoms with Crippen molar-refractivity contribution in [2.75, 3.05) is 9.80 Å². The first-order valence-corrected chi connectivity index (χ1v) is 19.0. The van der Waals surface area contributed by atoms with Gasteiger partial charge in [-0.2, -0.15) is 0 Å². The van der Waals surface area contributed by atoms with Crippen molar-refractivity contribution in [1.29, 1.82) is 0 Å². The second-order valence-electron chi connectivity index (χ2n) is 14.7. The molecule has 2 aliphatic heterocycles. The molecular weight excluding hydrogens is 669 g/mol. The maximum atomic E-state index is 6.95. The predicted molar refractivity (Wildman–Crippen MR) is 231 cm³/mol. The van der Waals surface area contributed by atoms with E-state index in [1.54, 1.807) is 0 Å². The molecule has 0 bridgehead atoms. The third kappa shape index (κ3) is 4.93. The van der Waals surface area contributed by atoms with Crippen LogP contribution in [0.1, 0.15) is 11.1 Å². The van der Waals surface area contributed by atoms with Gasteiger partial charge in [-0.3, -0.25) is 0 Å². The van der Waals surface area contributed by atoms with Gasteiger partial charge in [0, 0.05) is 50.6 Å². The summed E-state index contributed by atoms with van der Waals surface area (Å²) in [5.74, 6) is 1.81. The Labute approximate surface area is 321 Å². The van der Waals surface area contributed by atoms with Gasteiger partial charge >= 0.3 is 0 Å². The summed E-state index contributed by atoms with van der Waals surface area (Å²) in [6, 6.07) is 65.9. The molecule has 55 heavy (non-hydrogen) atoms. The number of anilines is 6. The number of aryl methyl sites for hydroxylation is 2. The first-order chi connectivity index (χ1) is 27.1. The lowest BCUT2D eigenvalue weighted by Crippen LogP contribution is -2.59. The molecule has 0 radical (unpaired) electrons. The minimum absolute atomic E-state index is 0.00637. The van der Waals surface area contributed by atoms with Gasteiger partial charge in [0.25, 0.3) is 6.71 Å². The van der Waals surface area contributed by atoms with Gasteiger partial charge in [0.15, 0.2) is 0 Å². The van der Waals surface area contributed by atoms with Gasteiger partial charge in [-0.25, -0.2) is 0 Å². The Morgan fingerprint density at radius 3 is 1.76 bits per heavy atom. The average molecular weight is 706 g/mol. The summed E-state index contributed by atoms with van der Waals surface area (Å²) in [6.07, 6.45) is 0. The van der Waals surface area contributed by atoms with E-state index in [1.165, 1.54) is 38.6 Å². The highest BCUT2D eigenvalue weighted by Gasteiger charge is 2.42. The van der Waals surface area contributed by atoms with E-state index in [4.69, 9.17) is 4.74 Å². The Bertz CT molecular complexity index is 2870. The fraction of sp³-hybridized carbons (Fsp3) is 0.0400. The highest BCUT2D eigenvalue weighted by molar-refractivity contribution is 6.99. The summed E-state index contributed by atoms with van der Waals surface area (Å²) >= 11 is 0. The minimum atomic E-state index is 0.00637. The fourth-order valence-electron chi connectivity index (χ4n) is 8.81. The first-order valence-electron chi connectivity index (χ1n) is 19.0. The van der Waals surface area contributed by atoms with Crippen molar-refractivity contribution in [3.8, 4) is 17.2 Å². The maximum Gasteiger partial charge on any atom is 0.256 e. The van der Waals surface area contributed by atoms with E-state index in [9.17, 15) is 0 Å². The summed E-state index contributed by atoms with van der Waals surface area (Å²) in [7, 11) is 0. The van der Waals surface area contributed by atoms with Crippen LogP contribution in [-0.4, -0.2) is 11.3 Å². The van der Waals surface area contributed by atoms with Crippen LogP contribution in [0.25, 0.3) is 27.5 Å². The van der Waals surface area contributed by atoms with Crippen LogP contribution in [0.4, 0.5) is 34.1 Å². The van der Waals surface area contributed by atoms with Gasteiger partial charge in [-0.15, -0.1) is 0 Å². The van der Waals surface area contributed by atoms with Crippen LogP contribution in [0.2, 0.25) is 0 Å². The Morgan fingerprint density at radius 2 is 1.05 bits per heavy atom. The van der Waals surface area contributed by atoms with E-state index in [2.05, 4.69) is 210 Å². The molecule has 1 aromatic heterocycles. The van der Waals surface area contributed by atoms with Crippen molar-refractivity contribution >= 4 is 79.0 Å². The third-order valence-corrected chi connectivity index (χ3v) is 11.3. The molecule has 0 aliphatic carbocycles. The number of para-hydroxylation sites is 3. The Hall–Kier alpha value is -6.98. The lowest BCUT2D eigenvalue weighted by atomic mass is 9.34. The van der Waals surface area contributed by atoms with Gasteiger partial charge in [0.05, 0.1) is 11.0 Å². The quantitative estimate of drug-likeness (QED) is 0.166. The Balaban J connectivity index is 1.16. The highest BCUT2D eigenvalue weighted by Crippen LogP contribution is 2.44. The van der Waals surface area contributed by atoms with E-state index in [0.29, 0.717) is 0 Å². The number of hydrogen-bond donors (Lipinski definition) is 0. The molecule has 4 nitrogen and oxygen atoms in total. The van der Waals surface area contributed by atoms with Crippen LogP contribution in [0.3, 0.4) is 0 Å². The van der Waals surface area contributed by atoms with Gasteiger partial charge in [0.2, 0.25) is 0 Å². The van der Waals surface area contributed by atoms with Gasteiger partial charge in [-0.05, 0) is 121 Å². The maximum absolute atomic E-state index is 6.95. The minimum Gasteiger partial charge on any atom is -0.458 e. The van der Waals surface area contributed by atoms with Crippen LogP contribution in [0, 0.1) is 13.8 Å². The van der Waals surface area contributed by atoms with Crippen LogP contribution >= 0.6 is 0 Å². The smallest absolute Gasteiger partial charge is 0.256 e. The third-order valence-electron chi connectivity index (χ3n) is 11.3. The highest BCUT2D eigenvalue weighted by atomic mass is 16.5. The summed E-state index contributed by atoms with van der Waals surface area (Å²) < 4.78 is 9.38. The van der Waals surface area contributed by atoms with E-state index in [1.807, 2.05) is 0 Å². The molecular formula is C50H36BN3O. The lowest BCUT2D eigenvalue weighted by Gasteiger charge is -2.39. The summed E-state index contributed by atoms with van der Waals surface area (Å²) in [4.78, 5) is 4.74. The molecule has 0 atom stereocenters. The standard InChI is InChI=1S/C50H36BN3O/c1-33-20-24-37(25-21-33)52(38-26-22-34(2)23-27-38)39-28-29-40-41-31-49-43(32-47(41)54(46(40)30-39)36-14-7-4-8-15-36)51-42-16-9-10-17-44(42)53(35-12-5-3-6-13-35)45-18-11-19-48(55-49)50(45)51/h3-32H,1-2H3. The van der Waals surface area contributed by atoms with Crippen molar-refractivity contribution in [2.24, 2.45) is 0 Å². The molecule has 260 valence electrons. The van der Waals surface area contributed by atoms with Crippen LogP contribution in [-0.2, 0) is 0 Å². The zero-order valence-electron chi connectivity index (χ0n) is 30.6. The van der Waals surface area contributed by atoms with Crippen molar-refractivity contribution in [2.45, 2.75) is 13.8 Å². The fourth-order valence-corrected chi connectivity index (χ4v) is 8.81. The van der Waals surface area contributed by atoms with Crippen LogP contribution < -0.4 is 30.9 Å². The number of rotatable bonds is 5. The topological polar surface area (TPSA) is 20.6 Å². The van der Waals surface area contributed by atoms with Gasteiger partial charge in [-0.1, -0.05) is 102 Å². The molecule has 8 aromatic carbocycles. The van der Waals surface area contributed by atoms with Crippen LogP contribution in [0.15, 0.2) is 182 Å². The molecule has 0 spiro atoms. The van der Waals surface area contributed by atoms with Crippen molar-refractivity contribution in [3.63, 3.8) is 0 Å². The summed E-state index contributed by atoms with van der Waals surface area (Å²) in [5.41, 5.74) is 16.3. The van der Waals surface area contributed by atoms with E-state index < -0.39 is 0 Å². The molecule has 0 saturated heterocycles. The average Bonchev–Trinajstić information content (AvgIpc) is 3.54. The van der Waals surface area contributed by atoms with E-state index >= 15 is 0 Å². The zero-order valence-corrected chi connectivity index (χ0v) is 30.6. The van der Waals surface area contributed by atoms with E-state index in [0.717, 1.165) is 62.0 Å². The van der Waals surface area contributed by atoms with Crippen molar-refractivity contribution < 1.29 is 4.74 Å². The SMILES string of the molecule is Cc1ccc(N(c2ccc(C)cc2)c2ccc3c4cc5c(cc4n(-c4ccccc4)c3c2)B2c3ccccc3N(c3ccccc3)c3cccc(c32)O5)cc1. The second-order valence-corrected chi connectivity index (χ2v) is 14.7. The van der Waals surface area contributed by atoms with Gasteiger partial charge in [0.1, 0.15) is 11.5 Å². The zero-order chi connectivity index (χ0) is 36.6. The molecule has 0 amide bonds.